The SMILES string of the molecule is NC(Cc1ccccc1)CC(O)C(=O)O. The molecule has 0 amide bonds. The fourth-order valence-corrected chi connectivity index (χ4v) is 1.39. The number of carbonyl (C=O) groups is 1. The number of benzene rings is 1. The number of rotatable bonds is 5. The lowest BCUT2D eigenvalue weighted by Crippen LogP contribution is -2.32. The average molecular weight is 209 g/mol. The summed E-state index contributed by atoms with van der Waals surface area (Å²) in [5.41, 5.74) is 6.77. The maximum atomic E-state index is 10.4. The van der Waals surface area contributed by atoms with E-state index in [4.69, 9.17) is 15.9 Å². The fraction of sp³-hybridized carbons (Fsp3) is 0.364. The van der Waals surface area contributed by atoms with Crippen molar-refractivity contribution >= 4 is 5.97 Å². The number of aliphatic hydroxyl groups excluding tert-OH is 1. The summed E-state index contributed by atoms with van der Waals surface area (Å²) in [6.07, 6.45) is -0.723. The maximum Gasteiger partial charge on any atom is 0.332 e. The highest BCUT2D eigenvalue weighted by atomic mass is 16.4. The summed E-state index contributed by atoms with van der Waals surface area (Å²) in [5.74, 6) is -1.22. The van der Waals surface area contributed by atoms with E-state index in [1.165, 1.54) is 0 Å². The van der Waals surface area contributed by atoms with Gasteiger partial charge >= 0.3 is 5.97 Å². The Labute approximate surface area is 88.3 Å². The Morgan fingerprint density at radius 2 is 1.93 bits per heavy atom. The number of aliphatic carboxylic acids is 1. The first-order valence-corrected chi connectivity index (χ1v) is 4.80. The lowest BCUT2D eigenvalue weighted by Gasteiger charge is -2.13. The number of nitrogens with two attached hydrogens (primary N) is 1. The zero-order valence-corrected chi connectivity index (χ0v) is 8.34. The van der Waals surface area contributed by atoms with Crippen LogP contribution in [-0.2, 0) is 11.2 Å². The van der Waals surface area contributed by atoms with E-state index in [0.29, 0.717) is 6.42 Å². The third kappa shape index (κ3) is 4.10. The predicted molar refractivity (Wildman–Crippen MR) is 56.4 cm³/mol. The fourth-order valence-electron chi connectivity index (χ4n) is 1.39. The Morgan fingerprint density at radius 3 is 2.47 bits per heavy atom. The van der Waals surface area contributed by atoms with Crippen LogP contribution in [0.25, 0.3) is 0 Å². The van der Waals surface area contributed by atoms with Crippen LogP contribution in [0.4, 0.5) is 0 Å². The molecule has 0 heterocycles. The van der Waals surface area contributed by atoms with Crippen LogP contribution in [0.1, 0.15) is 12.0 Å². The van der Waals surface area contributed by atoms with Gasteiger partial charge in [0.25, 0.3) is 0 Å². The summed E-state index contributed by atoms with van der Waals surface area (Å²) in [6, 6.07) is 9.21. The van der Waals surface area contributed by atoms with Crippen LogP contribution in [0.3, 0.4) is 0 Å². The summed E-state index contributed by atoms with van der Waals surface area (Å²) in [7, 11) is 0. The molecule has 0 spiro atoms. The van der Waals surface area contributed by atoms with E-state index < -0.39 is 12.1 Å². The smallest absolute Gasteiger partial charge is 0.332 e. The van der Waals surface area contributed by atoms with Crippen LogP contribution >= 0.6 is 0 Å². The first-order chi connectivity index (χ1) is 7.09. The van der Waals surface area contributed by atoms with Crippen molar-refractivity contribution in [2.24, 2.45) is 5.73 Å². The monoisotopic (exact) mass is 209 g/mol. The van der Waals surface area contributed by atoms with Crippen LogP contribution in [-0.4, -0.2) is 28.3 Å². The van der Waals surface area contributed by atoms with E-state index in [9.17, 15) is 4.79 Å². The molecular weight excluding hydrogens is 194 g/mol. The third-order valence-corrected chi connectivity index (χ3v) is 2.15. The molecule has 82 valence electrons. The van der Waals surface area contributed by atoms with E-state index in [-0.39, 0.29) is 12.5 Å². The summed E-state index contributed by atoms with van der Waals surface area (Å²) in [5, 5.41) is 17.6. The second kappa shape index (κ2) is 5.48. The molecule has 0 saturated carbocycles. The highest BCUT2D eigenvalue weighted by Gasteiger charge is 2.17. The van der Waals surface area contributed by atoms with Crippen molar-refractivity contribution in [3.63, 3.8) is 0 Å². The maximum absolute atomic E-state index is 10.4. The molecule has 0 aliphatic heterocycles. The van der Waals surface area contributed by atoms with Gasteiger partial charge in [0.1, 0.15) is 0 Å². The second-order valence-corrected chi connectivity index (χ2v) is 3.54. The van der Waals surface area contributed by atoms with E-state index in [1.54, 1.807) is 0 Å². The minimum Gasteiger partial charge on any atom is -0.479 e. The van der Waals surface area contributed by atoms with Crippen molar-refractivity contribution in [1.82, 2.24) is 0 Å². The van der Waals surface area contributed by atoms with Gasteiger partial charge in [0, 0.05) is 6.04 Å². The Bertz CT molecular complexity index is 313. The molecule has 4 nitrogen and oxygen atoms in total. The van der Waals surface area contributed by atoms with Gasteiger partial charge in [0.05, 0.1) is 0 Å². The lowest BCUT2D eigenvalue weighted by molar-refractivity contribution is -0.147. The highest BCUT2D eigenvalue weighted by Crippen LogP contribution is 2.06. The van der Waals surface area contributed by atoms with Gasteiger partial charge in [-0.1, -0.05) is 30.3 Å². The number of carboxylic acid groups (broad SMARTS) is 1. The molecule has 2 unspecified atom stereocenters. The van der Waals surface area contributed by atoms with Crippen molar-refractivity contribution in [2.45, 2.75) is 25.0 Å². The normalized spacial score (nSPS) is 14.5. The first-order valence-electron chi connectivity index (χ1n) is 4.80. The molecule has 1 rings (SSSR count). The highest BCUT2D eigenvalue weighted by molar-refractivity contribution is 5.71. The van der Waals surface area contributed by atoms with E-state index in [2.05, 4.69) is 0 Å². The second-order valence-electron chi connectivity index (χ2n) is 3.54. The Kier molecular flexibility index (Phi) is 4.27. The van der Waals surface area contributed by atoms with Gasteiger partial charge in [-0.15, -0.1) is 0 Å². The quantitative estimate of drug-likeness (QED) is 0.655. The average Bonchev–Trinajstić information content (AvgIpc) is 2.18. The summed E-state index contributed by atoms with van der Waals surface area (Å²) >= 11 is 0. The molecule has 1 aromatic carbocycles. The Hall–Kier alpha value is -1.39. The Balaban J connectivity index is 2.43. The van der Waals surface area contributed by atoms with Crippen LogP contribution in [0.5, 0.6) is 0 Å². The van der Waals surface area contributed by atoms with Gasteiger partial charge in [-0.3, -0.25) is 0 Å². The van der Waals surface area contributed by atoms with Crippen LogP contribution in [0.2, 0.25) is 0 Å². The lowest BCUT2D eigenvalue weighted by atomic mass is 10.0. The number of hydrogen-bond donors (Lipinski definition) is 3. The number of hydrogen-bond acceptors (Lipinski definition) is 3. The molecule has 15 heavy (non-hydrogen) atoms. The molecule has 1 aromatic rings. The van der Waals surface area contributed by atoms with Gasteiger partial charge in [-0.05, 0) is 18.4 Å². The van der Waals surface area contributed by atoms with Gasteiger partial charge in [-0.2, -0.15) is 0 Å². The van der Waals surface area contributed by atoms with E-state index >= 15 is 0 Å². The topological polar surface area (TPSA) is 83.5 Å². The molecule has 0 aliphatic rings. The summed E-state index contributed by atoms with van der Waals surface area (Å²) < 4.78 is 0. The van der Waals surface area contributed by atoms with Crippen molar-refractivity contribution < 1.29 is 15.0 Å². The molecule has 0 aliphatic carbocycles. The number of carboxylic acids is 1. The van der Waals surface area contributed by atoms with E-state index in [0.717, 1.165) is 5.56 Å². The summed E-state index contributed by atoms with van der Waals surface area (Å²) in [6.45, 7) is 0. The van der Waals surface area contributed by atoms with Gasteiger partial charge < -0.3 is 15.9 Å². The molecule has 0 aromatic heterocycles. The van der Waals surface area contributed by atoms with E-state index in [1.807, 2.05) is 30.3 Å². The van der Waals surface area contributed by atoms with Crippen LogP contribution in [0, 0.1) is 0 Å². The summed E-state index contributed by atoms with van der Waals surface area (Å²) in [4.78, 5) is 10.4. The van der Waals surface area contributed by atoms with Crippen LogP contribution < -0.4 is 5.73 Å². The Morgan fingerprint density at radius 1 is 1.33 bits per heavy atom. The molecule has 0 bridgehead atoms. The molecular formula is C11H15NO3. The van der Waals surface area contributed by atoms with Crippen molar-refractivity contribution in [3.05, 3.63) is 35.9 Å². The zero-order chi connectivity index (χ0) is 11.3. The zero-order valence-electron chi connectivity index (χ0n) is 8.34. The molecule has 0 saturated heterocycles. The van der Waals surface area contributed by atoms with Crippen LogP contribution in [0.15, 0.2) is 30.3 Å². The van der Waals surface area contributed by atoms with Crippen molar-refractivity contribution in [3.8, 4) is 0 Å². The van der Waals surface area contributed by atoms with Gasteiger partial charge in [-0.25, -0.2) is 4.79 Å². The molecule has 4 N–H and O–H groups in total. The van der Waals surface area contributed by atoms with Gasteiger partial charge in [0.2, 0.25) is 0 Å². The first kappa shape index (κ1) is 11.7. The minimum atomic E-state index is -1.37. The number of aliphatic hydroxyl groups is 1. The molecule has 0 radical (unpaired) electrons. The molecule has 0 fully saturated rings. The molecule has 4 heteroatoms. The predicted octanol–water partition coefficient (Wildman–Crippen LogP) is 0.392. The standard InChI is InChI=1S/C11H15NO3/c12-9(7-10(13)11(14)15)6-8-4-2-1-3-5-8/h1-5,9-10,13H,6-7,12H2,(H,14,15). The van der Waals surface area contributed by atoms with Crippen molar-refractivity contribution in [1.29, 1.82) is 0 Å². The molecule has 2 atom stereocenters. The van der Waals surface area contributed by atoms with Crippen molar-refractivity contribution in [2.75, 3.05) is 0 Å². The minimum absolute atomic E-state index is 0.0736. The third-order valence-electron chi connectivity index (χ3n) is 2.15. The largest absolute Gasteiger partial charge is 0.479 e. The van der Waals surface area contributed by atoms with Gasteiger partial charge in [0.15, 0.2) is 6.10 Å².